The number of aromatic nitrogens is 1. The molecule has 3 aromatic rings. The maximum Gasteiger partial charge on any atom is 0.255 e. The van der Waals surface area contributed by atoms with Crippen molar-refractivity contribution in [2.45, 2.75) is 34.3 Å². The second kappa shape index (κ2) is 9.93. The van der Waals surface area contributed by atoms with Crippen molar-refractivity contribution in [1.82, 2.24) is 10.1 Å². The van der Waals surface area contributed by atoms with E-state index in [1.165, 1.54) is 0 Å². The molecule has 0 spiro atoms. The Bertz CT molecular complexity index is 1030. The topological polar surface area (TPSA) is 84.7 Å². The minimum atomic E-state index is -0.259. The van der Waals surface area contributed by atoms with Gasteiger partial charge in [0, 0.05) is 29.9 Å². The van der Waals surface area contributed by atoms with Crippen LogP contribution in [0.25, 0.3) is 0 Å². The van der Waals surface area contributed by atoms with Gasteiger partial charge in [0.2, 0.25) is 0 Å². The van der Waals surface area contributed by atoms with Crippen molar-refractivity contribution in [2.75, 3.05) is 18.4 Å². The molecule has 0 aliphatic heterocycles. The molecule has 0 atom stereocenters. The number of hydrogen-bond donors (Lipinski definition) is 1. The molecule has 3 rings (SSSR count). The summed E-state index contributed by atoms with van der Waals surface area (Å²) in [6, 6.07) is 13.9. The zero-order valence-corrected chi connectivity index (χ0v) is 18.3. The molecule has 0 bridgehead atoms. The molecule has 2 amide bonds. The molecule has 31 heavy (non-hydrogen) atoms. The molecule has 0 unspecified atom stereocenters. The molecule has 7 nitrogen and oxygen atoms in total. The van der Waals surface area contributed by atoms with Crippen LogP contribution in [0.5, 0.6) is 5.75 Å². The van der Waals surface area contributed by atoms with Crippen molar-refractivity contribution >= 4 is 17.5 Å². The van der Waals surface area contributed by atoms with E-state index in [0.29, 0.717) is 48.0 Å². The van der Waals surface area contributed by atoms with Gasteiger partial charge in [0.25, 0.3) is 11.8 Å². The zero-order valence-electron chi connectivity index (χ0n) is 18.3. The van der Waals surface area contributed by atoms with Crippen molar-refractivity contribution in [3.8, 4) is 5.75 Å². The minimum absolute atomic E-state index is 0.0222. The number of nitrogens with zero attached hydrogens (tertiary/aromatic N) is 2. The number of carbonyl (C=O) groups excluding carboxylic acids is 2. The Balaban J connectivity index is 1.64. The fourth-order valence-corrected chi connectivity index (χ4v) is 3.18. The van der Waals surface area contributed by atoms with E-state index in [9.17, 15) is 9.59 Å². The molecule has 1 N–H and O–H groups in total. The van der Waals surface area contributed by atoms with Gasteiger partial charge in [-0.15, -0.1) is 0 Å². The van der Waals surface area contributed by atoms with Gasteiger partial charge in [-0.05, 0) is 70.2 Å². The highest BCUT2D eigenvalue weighted by atomic mass is 16.5. The number of anilines is 1. The van der Waals surface area contributed by atoms with Gasteiger partial charge in [0.15, 0.2) is 0 Å². The van der Waals surface area contributed by atoms with Gasteiger partial charge in [-0.1, -0.05) is 11.2 Å². The van der Waals surface area contributed by atoms with Crippen LogP contribution in [0.4, 0.5) is 5.69 Å². The fraction of sp³-hybridized carbons (Fsp3) is 0.292. The third-order valence-electron chi connectivity index (χ3n) is 5.10. The smallest absolute Gasteiger partial charge is 0.255 e. The molecule has 7 heteroatoms. The predicted molar refractivity (Wildman–Crippen MR) is 118 cm³/mol. The van der Waals surface area contributed by atoms with Crippen LogP contribution in [-0.4, -0.2) is 35.0 Å². The summed E-state index contributed by atoms with van der Waals surface area (Å²) in [7, 11) is 0. The summed E-state index contributed by atoms with van der Waals surface area (Å²) < 4.78 is 11.0. The molecular formula is C24H27N3O4. The summed E-state index contributed by atoms with van der Waals surface area (Å²) >= 11 is 0. The van der Waals surface area contributed by atoms with Crippen molar-refractivity contribution < 1.29 is 18.8 Å². The molecule has 0 radical (unpaired) electrons. The van der Waals surface area contributed by atoms with E-state index in [2.05, 4.69) is 10.5 Å². The first kappa shape index (κ1) is 22.1. The van der Waals surface area contributed by atoms with Gasteiger partial charge in [-0.25, -0.2) is 0 Å². The molecule has 162 valence electrons. The lowest BCUT2D eigenvalue weighted by molar-refractivity contribution is 0.0773. The summed E-state index contributed by atoms with van der Waals surface area (Å²) in [5.41, 5.74) is 3.36. The fourth-order valence-electron chi connectivity index (χ4n) is 3.18. The highest BCUT2D eigenvalue weighted by Crippen LogP contribution is 2.20. The standard InChI is InChI=1S/C24H27N3O4/c1-5-27(6-2)24(29)18-10-12-20(13-11-18)25-23(28)19-8-7-9-21(14-19)30-15-22-16(3)26-31-17(22)4/h7-14H,5-6,15H2,1-4H3,(H,25,28). The molecule has 1 heterocycles. The first-order valence-electron chi connectivity index (χ1n) is 10.3. The average Bonchev–Trinajstić information content (AvgIpc) is 3.11. The first-order valence-corrected chi connectivity index (χ1v) is 10.3. The van der Waals surface area contributed by atoms with Crippen LogP contribution in [0.2, 0.25) is 0 Å². The Morgan fingerprint density at radius 2 is 1.74 bits per heavy atom. The Hall–Kier alpha value is -3.61. The number of aryl methyl sites for hydroxylation is 2. The summed E-state index contributed by atoms with van der Waals surface area (Å²) in [4.78, 5) is 26.8. The molecule has 0 aliphatic rings. The summed E-state index contributed by atoms with van der Waals surface area (Å²) in [5.74, 6) is 1.01. The SMILES string of the molecule is CCN(CC)C(=O)c1ccc(NC(=O)c2cccc(OCc3c(C)noc3C)c2)cc1. The normalized spacial score (nSPS) is 10.6. The summed E-state index contributed by atoms with van der Waals surface area (Å²) in [6.07, 6.45) is 0. The largest absolute Gasteiger partial charge is 0.489 e. The van der Waals surface area contributed by atoms with Gasteiger partial charge in [0.1, 0.15) is 18.1 Å². The van der Waals surface area contributed by atoms with Crippen LogP contribution < -0.4 is 10.1 Å². The van der Waals surface area contributed by atoms with Crippen LogP contribution in [0.3, 0.4) is 0 Å². The maximum atomic E-state index is 12.7. The second-order valence-corrected chi connectivity index (χ2v) is 7.13. The van der Waals surface area contributed by atoms with Gasteiger partial charge in [-0.3, -0.25) is 9.59 Å². The van der Waals surface area contributed by atoms with Crippen LogP contribution in [0, 0.1) is 13.8 Å². The highest BCUT2D eigenvalue weighted by molar-refractivity contribution is 6.04. The van der Waals surface area contributed by atoms with Crippen molar-refractivity contribution in [3.05, 3.63) is 76.7 Å². The van der Waals surface area contributed by atoms with E-state index < -0.39 is 0 Å². The second-order valence-electron chi connectivity index (χ2n) is 7.13. The van der Waals surface area contributed by atoms with E-state index in [4.69, 9.17) is 9.26 Å². The summed E-state index contributed by atoms with van der Waals surface area (Å²) in [5, 5.41) is 6.77. The van der Waals surface area contributed by atoms with Gasteiger partial charge in [-0.2, -0.15) is 0 Å². The molecule has 0 fully saturated rings. The minimum Gasteiger partial charge on any atom is -0.489 e. The van der Waals surface area contributed by atoms with Crippen molar-refractivity contribution in [2.24, 2.45) is 0 Å². The third-order valence-corrected chi connectivity index (χ3v) is 5.10. The number of hydrogen-bond acceptors (Lipinski definition) is 5. The Labute approximate surface area is 182 Å². The van der Waals surface area contributed by atoms with Gasteiger partial charge >= 0.3 is 0 Å². The lowest BCUT2D eigenvalue weighted by atomic mass is 10.1. The number of carbonyl (C=O) groups is 2. The lowest BCUT2D eigenvalue weighted by Gasteiger charge is -2.18. The van der Waals surface area contributed by atoms with Crippen LogP contribution in [0.15, 0.2) is 53.1 Å². The number of amides is 2. The maximum absolute atomic E-state index is 12.7. The van der Waals surface area contributed by atoms with Gasteiger partial charge < -0.3 is 19.5 Å². The Morgan fingerprint density at radius 1 is 1.03 bits per heavy atom. The Morgan fingerprint density at radius 3 is 2.35 bits per heavy atom. The Kier molecular flexibility index (Phi) is 7.07. The van der Waals surface area contributed by atoms with Crippen molar-refractivity contribution in [3.63, 3.8) is 0 Å². The number of ether oxygens (including phenoxy) is 1. The molecule has 0 aliphatic carbocycles. The third kappa shape index (κ3) is 5.31. The number of benzene rings is 2. The van der Waals surface area contributed by atoms with Crippen LogP contribution in [-0.2, 0) is 6.61 Å². The van der Waals surface area contributed by atoms with Crippen LogP contribution in [0.1, 0.15) is 51.6 Å². The first-order chi connectivity index (χ1) is 14.9. The average molecular weight is 421 g/mol. The van der Waals surface area contributed by atoms with Crippen molar-refractivity contribution in [1.29, 1.82) is 0 Å². The van der Waals surface area contributed by atoms with Gasteiger partial charge in [0.05, 0.1) is 11.3 Å². The predicted octanol–water partition coefficient (Wildman–Crippen LogP) is 4.60. The molecule has 0 saturated carbocycles. The highest BCUT2D eigenvalue weighted by Gasteiger charge is 2.14. The number of nitrogens with one attached hydrogen (secondary N) is 1. The van der Waals surface area contributed by atoms with Crippen LogP contribution >= 0.6 is 0 Å². The van der Waals surface area contributed by atoms with E-state index in [1.807, 2.05) is 27.7 Å². The zero-order chi connectivity index (χ0) is 22.4. The molecule has 1 aromatic heterocycles. The quantitative estimate of drug-likeness (QED) is 0.574. The van der Waals surface area contributed by atoms with E-state index in [-0.39, 0.29) is 11.8 Å². The monoisotopic (exact) mass is 421 g/mol. The van der Waals surface area contributed by atoms with E-state index in [0.717, 1.165) is 11.3 Å². The molecular weight excluding hydrogens is 394 g/mol. The molecule has 0 saturated heterocycles. The number of rotatable bonds is 8. The van der Waals surface area contributed by atoms with E-state index >= 15 is 0 Å². The van der Waals surface area contributed by atoms with E-state index in [1.54, 1.807) is 53.4 Å². The lowest BCUT2D eigenvalue weighted by Crippen LogP contribution is -2.30. The molecule has 2 aromatic carbocycles. The summed E-state index contributed by atoms with van der Waals surface area (Å²) in [6.45, 7) is 9.22.